The van der Waals surface area contributed by atoms with Crippen LogP contribution in [0.4, 0.5) is 23.7 Å². The number of carbonyl (C=O) groups is 3. The molecule has 0 bridgehead atoms. The Kier molecular flexibility index (Phi) is 6.43. The molecule has 0 fully saturated rings. The minimum Gasteiger partial charge on any atom is -0.480 e. The lowest BCUT2D eigenvalue weighted by molar-refractivity contribution is -0.274. The SMILES string of the molecule is CC(C)(C)OC(=O)Nc1ccc(OC(F)(F)F)cc1C(=O)NCC(=O)O. The van der Waals surface area contributed by atoms with Gasteiger partial charge in [-0.05, 0) is 39.0 Å². The maximum Gasteiger partial charge on any atom is 0.573 e. The molecule has 2 amide bonds. The van der Waals surface area contributed by atoms with Crippen LogP contribution in [0.2, 0.25) is 0 Å². The van der Waals surface area contributed by atoms with Crippen molar-refractivity contribution < 1.29 is 42.1 Å². The summed E-state index contributed by atoms with van der Waals surface area (Å²) in [5, 5.41) is 12.8. The molecule has 0 aliphatic carbocycles. The van der Waals surface area contributed by atoms with Gasteiger partial charge in [0.05, 0.1) is 11.3 Å². The van der Waals surface area contributed by atoms with E-state index in [9.17, 15) is 27.6 Å². The minimum atomic E-state index is -4.99. The average molecular weight is 378 g/mol. The molecule has 0 aliphatic heterocycles. The maximum atomic E-state index is 12.3. The van der Waals surface area contributed by atoms with Crippen molar-refractivity contribution in [3.8, 4) is 5.75 Å². The Hall–Kier alpha value is -2.98. The second-order valence-electron chi connectivity index (χ2n) is 5.96. The number of carboxylic acid groups (broad SMARTS) is 1. The number of rotatable bonds is 5. The summed E-state index contributed by atoms with van der Waals surface area (Å²) in [5.41, 5.74) is -1.47. The molecule has 0 atom stereocenters. The van der Waals surface area contributed by atoms with E-state index in [0.717, 1.165) is 18.2 Å². The van der Waals surface area contributed by atoms with Crippen LogP contribution in [0.15, 0.2) is 18.2 Å². The highest BCUT2D eigenvalue weighted by Crippen LogP contribution is 2.27. The second-order valence-corrected chi connectivity index (χ2v) is 5.96. The Labute approximate surface area is 146 Å². The van der Waals surface area contributed by atoms with Crippen LogP contribution in [0.25, 0.3) is 0 Å². The molecule has 0 radical (unpaired) electrons. The van der Waals surface area contributed by atoms with Crippen molar-refractivity contribution in [3.05, 3.63) is 23.8 Å². The van der Waals surface area contributed by atoms with Crippen LogP contribution in [0.5, 0.6) is 5.75 Å². The first-order valence-electron chi connectivity index (χ1n) is 7.16. The molecule has 0 saturated heterocycles. The molecule has 144 valence electrons. The largest absolute Gasteiger partial charge is 0.573 e. The third-order valence-corrected chi connectivity index (χ3v) is 2.51. The third kappa shape index (κ3) is 7.73. The van der Waals surface area contributed by atoms with Crippen molar-refractivity contribution in [1.29, 1.82) is 0 Å². The van der Waals surface area contributed by atoms with Gasteiger partial charge in [0, 0.05) is 0 Å². The quantitative estimate of drug-likeness (QED) is 0.726. The number of aliphatic carboxylic acids is 1. The van der Waals surface area contributed by atoms with Crippen molar-refractivity contribution in [2.75, 3.05) is 11.9 Å². The van der Waals surface area contributed by atoms with Crippen LogP contribution in [0.1, 0.15) is 31.1 Å². The molecule has 26 heavy (non-hydrogen) atoms. The molecular weight excluding hydrogens is 361 g/mol. The fourth-order valence-electron chi connectivity index (χ4n) is 1.68. The fourth-order valence-corrected chi connectivity index (χ4v) is 1.68. The van der Waals surface area contributed by atoms with Crippen LogP contribution in [-0.4, -0.2) is 41.6 Å². The van der Waals surface area contributed by atoms with Crippen LogP contribution < -0.4 is 15.4 Å². The Morgan fingerprint density at radius 1 is 1.15 bits per heavy atom. The van der Waals surface area contributed by atoms with Crippen LogP contribution in [0.3, 0.4) is 0 Å². The zero-order valence-corrected chi connectivity index (χ0v) is 14.1. The Morgan fingerprint density at radius 2 is 1.77 bits per heavy atom. The van der Waals surface area contributed by atoms with E-state index in [1.54, 1.807) is 20.8 Å². The first kappa shape index (κ1) is 21.1. The number of carboxylic acids is 1. The molecule has 0 spiro atoms. The highest BCUT2D eigenvalue weighted by atomic mass is 19.4. The lowest BCUT2D eigenvalue weighted by Crippen LogP contribution is -2.31. The number of nitrogens with one attached hydrogen (secondary N) is 2. The van der Waals surface area contributed by atoms with E-state index < -0.39 is 47.8 Å². The van der Waals surface area contributed by atoms with Crippen LogP contribution in [0, 0.1) is 0 Å². The Bertz CT molecular complexity index is 698. The minimum absolute atomic E-state index is 0.184. The maximum absolute atomic E-state index is 12.3. The van der Waals surface area contributed by atoms with Crippen molar-refractivity contribution in [3.63, 3.8) is 0 Å². The number of hydrogen-bond donors (Lipinski definition) is 3. The predicted molar refractivity (Wildman–Crippen MR) is 83.0 cm³/mol. The lowest BCUT2D eigenvalue weighted by Gasteiger charge is -2.20. The van der Waals surface area contributed by atoms with Gasteiger partial charge in [-0.15, -0.1) is 13.2 Å². The number of halogens is 3. The first-order chi connectivity index (χ1) is 11.8. The van der Waals surface area contributed by atoms with Gasteiger partial charge in [0.25, 0.3) is 5.91 Å². The van der Waals surface area contributed by atoms with Crippen molar-refractivity contribution >= 4 is 23.7 Å². The van der Waals surface area contributed by atoms with Gasteiger partial charge < -0.3 is 19.9 Å². The van der Waals surface area contributed by atoms with Gasteiger partial charge in [0.15, 0.2) is 0 Å². The third-order valence-electron chi connectivity index (χ3n) is 2.51. The van der Waals surface area contributed by atoms with Crippen molar-refractivity contribution in [2.45, 2.75) is 32.7 Å². The van der Waals surface area contributed by atoms with Gasteiger partial charge >= 0.3 is 18.4 Å². The van der Waals surface area contributed by atoms with Gasteiger partial charge in [-0.25, -0.2) is 4.79 Å². The molecular formula is C15H17F3N2O6. The van der Waals surface area contributed by atoms with E-state index in [0.29, 0.717) is 0 Å². The van der Waals surface area contributed by atoms with Crippen LogP contribution >= 0.6 is 0 Å². The highest BCUT2D eigenvalue weighted by Gasteiger charge is 2.31. The normalized spacial score (nSPS) is 11.5. The number of anilines is 1. The molecule has 0 heterocycles. The van der Waals surface area contributed by atoms with Gasteiger partial charge in [0.2, 0.25) is 0 Å². The zero-order valence-electron chi connectivity index (χ0n) is 14.1. The predicted octanol–water partition coefficient (Wildman–Crippen LogP) is 2.75. The number of alkyl halides is 3. The van der Waals surface area contributed by atoms with Gasteiger partial charge in [-0.2, -0.15) is 0 Å². The van der Waals surface area contributed by atoms with E-state index in [-0.39, 0.29) is 5.69 Å². The summed E-state index contributed by atoms with van der Waals surface area (Å²) in [5.74, 6) is -3.10. The first-order valence-corrected chi connectivity index (χ1v) is 7.16. The molecule has 11 heteroatoms. The molecule has 0 unspecified atom stereocenters. The van der Waals surface area contributed by atoms with E-state index in [4.69, 9.17) is 9.84 Å². The van der Waals surface area contributed by atoms with E-state index in [2.05, 4.69) is 10.1 Å². The molecule has 1 aromatic rings. The monoisotopic (exact) mass is 378 g/mol. The van der Waals surface area contributed by atoms with Crippen molar-refractivity contribution in [2.24, 2.45) is 0 Å². The number of amides is 2. The summed E-state index contributed by atoms with van der Waals surface area (Å²) in [4.78, 5) is 34.4. The van der Waals surface area contributed by atoms with Gasteiger partial charge in [-0.3, -0.25) is 14.9 Å². The summed E-state index contributed by atoms with van der Waals surface area (Å²) in [6.07, 6.45) is -5.94. The number of hydrogen-bond acceptors (Lipinski definition) is 5. The molecule has 1 aromatic carbocycles. The van der Waals surface area contributed by atoms with E-state index in [1.807, 2.05) is 5.32 Å². The number of ether oxygens (including phenoxy) is 2. The highest BCUT2D eigenvalue weighted by molar-refractivity contribution is 6.03. The van der Waals surface area contributed by atoms with E-state index in [1.165, 1.54) is 0 Å². The molecule has 0 aromatic heterocycles. The topological polar surface area (TPSA) is 114 Å². The second kappa shape index (κ2) is 7.93. The smallest absolute Gasteiger partial charge is 0.480 e. The van der Waals surface area contributed by atoms with Crippen molar-refractivity contribution in [1.82, 2.24) is 5.32 Å². The summed E-state index contributed by atoms with van der Waals surface area (Å²) in [6.45, 7) is 4.00. The molecule has 3 N–H and O–H groups in total. The molecule has 0 saturated carbocycles. The average Bonchev–Trinajstić information content (AvgIpc) is 2.42. The summed E-state index contributed by atoms with van der Waals surface area (Å²) in [6, 6.07) is 2.60. The van der Waals surface area contributed by atoms with Gasteiger partial charge in [0.1, 0.15) is 17.9 Å². The summed E-state index contributed by atoms with van der Waals surface area (Å²) < 4.78 is 45.7. The van der Waals surface area contributed by atoms with E-state index >= 15 is 0 Å². The lowest BCUT2D eigenvalue weighted by atomic mass is 10.1. The van der Waals surface area contributed by atoms with Crippen LogP contribution in [-0.2, 0) is 9.53 Å². The Morgan fingerprint density at radius 3 is 2.27 bits per heavy atom. The zero-order chi connectivity index (χ0) is 20.1. The Balaban J connectivity index is 3.12. The number of carbonyl (C=O) groups excluding carboxylic acids is 2. The van der Waals surface area contributed by atoms with Gasteiger partial charge in [-0.1, -0.05) is 0 Å². The molecule has 1 rings (SSSR count). The molecule has 0 aliphatic rings. The summed E-state index contributed by atoms with van der Waals surface area (Å²) >= 11 is 0. The molecule has 8 nitrogen and oxygen atoms in total. The summed E-state index contributed by atoms with van der Waals surface area (Å²) in [7, 11) is 0. The number of benzene rings is 1. The standard InChI is InChI=1S/C15H17F3N2O6/c1-14(2,3)26-13(24)20-10-5-4-8(25-15(16,17)18)6-9(10)12(23)19-7-11(21)22/h4-6H,7H2,1-3H3,(H,19,23)(H,20,24)(H,21,22). The fraction of sp³-hybridized carbons (Fsp3) is 0.400.